The number of alkyl halides is 1. The van der Waals surface area contributed by atoms with E-state index in [4.69, 9.17) is 11.6 Å². The average molecular weight is 346 g/mol. The lowest BCUT2D eigenvalue weighted by atomic mass is 10.0. The number of halogens is 4. The van der Waals surface area contributed by atoms with Crippen molar-refractivity contribution in [1.82, 2.24) is 0 Å². The third kappa shape index (κ3) is 3.34. The Kier molecular flexibility index (Phi) is 4.58. The summed E-state index contributed by atoms with van der Waals surface area (Å²) in [5, 5.41) is 0.625. The summed E-state index contributed by atoms with van der Waals surface area (Å²) >= 11 is 9.46. The summed E-state index contributed by atoms with van der Waals surface area (Å²) in [5.41, 5.74) is 1.51. The van der Waals surface area contributed by atoms with Crippen LogP contribution in [0.25, 0.3) is 0 Å². The number of benzene rings is 2. The molecule has 2 rings (SSSR count). The maximum absolute atomic E-state index is 13.9. The van der Waals surface area contributed by atoms with Crippen LogP contribution >= 0.6 is 27.5 Å². The first-order valence-electron chi connectivity index (χ1n) is 5.82. The largest absolute Gasteiger partial charge is 0.207 e. The fraction of sp³-hybridized carbons (Fsp3) is 0.200. The van der Waals surface area contributed by atoms with E-state index in [2.05, 4.69) is 15.9 Å². The summed E-state index contributed by atoms with van der Waals surface area (Å²) < 4.78 is 27.4. The fourth-order valence-electron chi connectivity index (χ4n) is 1.87. The van der Waals surface area contributed by atoms with E-state index in [9.17, 15) is 8.78 Å². The molecule has 0 saturated heterocycles. The molecule has 2 aromatic rings. The molecule has 2 aromatic carbocycles. The normalized spacial score (nSPS) is 12.5. The van der Waals surface area contributed by atoms with Gasteiger partial charge in [0, 0.05) is 15.4 Å². The van der Waals surface area contributed by atoms with Crippen LogP contribution in [0.3, 0.4) is 0 Å². The van der Waals surface area contributed by atoms with Crippen molar-refractivity contribution in [2.45, 2.75) is 18.2 Å². The quantitative estimate of drug-likeness (QED) is 0.635. The molecule has 0 spiro atoms. The van der Waals surface area contributed by atoms with E-state index in [1.165, 1.54) is 12.1 Å². The third-order valence-electron chi connectivity index (χ3n) is 2.97. The second-order valence-corrected chi connectivity index (χ2v) is 5.90. The Balaban J connectivity index is 2.28. The van der Waals surface area contributed by atoms with E-state index in [1.807, 2.05) is 18.2 Å². The molecule has 0 aliphatic rings. The molecule has 0 fully saturated rings. The van der Waals surface area contributed by atoms with Gasteiger partial charge in [-0.1, -0.05) is 45.7 Å². The second-order valence-electron chi connectivity index (χ2n) is 4.39. The fourth-order valence-corrected chi connectivity index (χ4v) is 2.78. The Morgan fingerprint density at radius 1 is 1.16 bits per heavy atom. The monoisotopic (exact) mass is 344 g/mol. The van der Waals surface area contributed by atoms with Crippen molar-refractivity contribution in [3.8, 4) is 0 Å². The SMILES string of the molecule is Cc1cc(F)c(C(Br)Cc2ccccc2Cl)cc1F. The molecule has 4 heteroatoms. The van der Waals surface area contributed by atoms with Gasteiger partial charge in [0.15, 0.2) is 0 Å². The van der Waals surface area contributed by atoms with E-state index in [0.29, 0.717) is 22.6 Å². The summed E-state index contributed by atoms with van der Waals surface area (Å²) in [5.74, 6) is -0.812. The van der Waals surface area contributed by atoms with Crippen LogP contribution in [0.2, 0.25) is 5.02 Å². The van der Waals surface area contributed by atoms with E-state index in [-0.39, 0.29) is 4.83 Å². The zero-order valence-corrected chi connectivity index (χ0v) is 12.6. The molecule has 100 valence electrons. The van der Waals surface area contributed by atoms with Gasteiger partial charge in [0.2, 0.25) is 0 Å². The Bertz CT molecular complexity index is 599. The molecular formula is C15H12BrClF2. The lowest BCUT2D eigenvalue weighted by Gasteiger charge is -2.13. The molecule has 0 aliphatic carbocycles. The lowest BCUT2D eigenvalue weighted by molar-refractivity contribution is 0.577. The van der Waals surface area contributed by atoms with Gasteiger partial charge in [0.1, 0.15) is 11.6 Å². The molecule has 1 unspecified atom stereocenters. The highest BCUT2D eigenvalue weighted by atomic mass is 79.9. The maximum Gasteiger partial charge on any atom is 0.128 e. The molecule has 0 aromatic heterocycles. The van der Waals surface area contributed by atoms with E-state index >= 15 is 0 Å². The van der Waals surface area contributed by atoms with E-state index in [0.717, 1.165) is 5.56 Å². The Morgan fingerprint density at radius 2 is 1.84 bits per heavy atom. The Labute approximate surface area is 124 Å². The zero-order chi connectivity index (χ0) is 14.0. The smallest absolute Gasteiger partial charge is 0.128 e. The summed E-state index contributed by atoms with van der Waals surface area (Å²) in [6, 6.07) is 9.81. The zero-order valence-electron chi connectivity index (χ0n) is 10.3. The van der Waals surface area contributed by atoms with Crippen molar-refractivity contribution in [3.05, 3.63) is 69.7 Å². The second kappa shape index (κ2) is 6.02. The molecule has 0 saturated carbocycles. The molecule has 0 radical (unpaired) electrons. The first kappa shape index (κ1) is 14.5. The minimum Gasteiger partial charge on any atom is -0.207 e. The molecule has 0 N–H and O–H groups in total. The third-order valence-corrected chi connectivity index (χ3v) is 4.16. The maximum atomic E-state index is 13.9. The first-order chi connectivity index (χ1) is 8.99. The van der Waals surface area contributed by atoms with Crippen LogP contribution in [0.4, 0.5) is 8.78 Å². The number of aryl methyl sites for hydroxylation is 1. The van der Waals surface area contributed by atoms with E-state index in [1.54, 1.807) is 13.0 Å². The van der Waals surface area contributed by atoms with Crippen molar-refractivity contribution in [1.29, 1.82) is 0 Å². The van der Waals surface area contributed by atoms with Crippen molar-refractivity contribution >= 4 is 27.5 Å². The highest BCUT2D eigenvalue weighted by Crippen LogP contribution is 2.32. The highest BCUT2D eigenvalue weighted by Gasteiger charge is 2.16. The van der Waals surface area contributed by atoms with Crippen LogP contribution in [0.15, 0.2) is 36.4 Å². The van der Waals surface area contributed by atoms with Gasteiger partial charge in [-0.3, -0.25) is 0 Å². The molecule has 19 heavy (non-hydrogen) atoms. The van der Waals surface area contributed by atoms with Crippen LogP contribution in [-0.4, -0.2) is 0 Å². The summed E-state index contributed by atoms with van der Waals surface area (Å²) in [6.07, 6.45) is 0.499. The molecular weight excluding hydrogens is 334 g/mol. The minimum atomic E-state index is -0.409. The predicted octanol–water partition coefficient (Wildman–Crippen LogP) is 5.61. The molecule has 0 nitrogen and oxygen atoms in total. The van der Waals surface area contributed by atoms with Crippen LogP contribution in [0.5, 0.6) is 0 Å². The molecule has 1 atom stereocenters. The summed E-state index contributed by atoms with van der Waals surface area (Å²) in [6.45, 7) is 1.54. The minimum absolute atomic E-state index is 0.304. The number of hydrogen-bond donors (Lipinski definition) is 0. The summed E-state index contributed by atoms with van der Waals surface area (Å²) in [7, 11) is 0. The van der Waals surface area contributed by atoms with Gasteiger partial charge in [0.25, 0.3) is 0 Å². The number of hydrogen-bond acceptors (Lipinski definition) is 0. The van der Waals surface area contributed by atoms with Crippen LogP contribution < -0.4 is 0 Å². The first-order valence-corrected chi connectivity index (χ1v) is 7.11. The predicted molar refractivity (Wildman–Crippen MR) is 77.9 cm³/mol. The van der Waals surface area contributed by atoms with Crippen molar-refractivity contribution in [2.75, 3.05) is 0 Å². The van der Waals surface area contributed by atoms with Crippen LogP contribution in [0, 0.1) is 18.6 Å². The van der Waals surface area contributed by atoms with Crippen molar-refractivity contribution < 1.29 is 8.78 Å². The standard InChI is InChI=1S/C15H12BrClF2/c1-9-6-15(19)11(8-14(9)18)12(16)7-10-4-2-3-5-13(10)17/h2-6,8,12H,7H2,1H3. The van der Waals surface area contributed by atoms with Crippen LogP contribution in [-0.2, 0) is 6.42 Å². The lowest BCUT2D eigenvalue weighted by Crippen LogP contribution is -2.01. The van der Waals surface area contributed by atoms with Gasteiger partial charge >= 0.3 is 0 Å². The molecule has 0 bridgehead atoms. The van der Waals surface area contributed by atoms with E-state index < -0.39 is 11.6 Å². The number of rotatable bonds is 3. The Hall–Kier alpha value is -0.930. The Morgan fingerprint density at radius 3 is 2.53 bits per heavy atom. The van der Waals surface area contributed by atoms with Crippen molar-refractivity contribution in [3.63, 3.8) is 0 Å². The van der Waals surface area contributed by atoms with Gasteiger partial charge in [-0.25, -0.2) is 8.78 Å². The topological polar surface area (TPSA) is 0 Å². The van der Waals surface area contributed by atoms with Gasteiger partial charge in [-0.15, -0.1) is 0 Å². The highest BCUT2D eigenvalue weighted by molar-refractivity contribution is 9.09. The molecule has 0 amide bonds. The van der Waals surface area contributed by atoms with Crippen molar-refractivity contribution in [2.24, 2.45) is 0 Å². The van der Waals surface area contributed by atoms with Gasteiger partial charge in [-0.2, -0.15) is 0 Å². The van der Waals surface area contributed by atoms with Gasteiger partial charge in [-0.05, 0) is 42.7 Å². The average Bonchev–Trinajstić information content (AvgIpc) is 2.36. The summed E-state index contributed by atoms with van der Waals surface area (Å²) in [4.78, 5) is -0.317. The van der Waals surface area contributed by atoms with Gasteiger partial charge in [0.05, 0.1) is 0 Å². The molecule has 0 aliphatic heterocycles. The van der Waals surface area contributed by atoms with Crippen LogP contribution in [0.1, 0.15) is 21.5 Å². The molecule has 0 heterocycles. The van der Waals surface area contributed by atoms with Gasteiger partial charge < -0.3 is 0 Å².